The predicted octanol–water partition coefficient (Wildman–Crippen LogP) is 0.227. The van der Waals surface area contributed by atoms with Gasteiger partial charge in [-0.1, -0.05) is 6.07 Å². The van der Waals surface area contributed by atoms with E-state index >= 15 is 0 Å². The van der Waals surface area contributed by atoms with Gasteiger partial charge in [0.25, 0.3) is 0 Å². The third kappa shape index (κ3) is 5.01. The van der Waals surface area contributed by atoms with Crippen LogP contribution in [0.2, 0.25) is 0 Å². The van der Waals surface area contributed by atoms with Crippen LogP contribution in [0.15, 0.2) is 30.7 Å². The monoisotopic (exact) mass is 332 g/mol. The number of carbonyl (C=O) groups is 2. The fourth-order valence-electron chi connectivity index (χ4n) is 2.25. The van der Waals surface area contributed by atoms with Crippen LogP contribution in [0.3, 0.4) is 0 Å². The summed E-state index contributed by atoms with van der Waals surface area (Å²) in [5.41, 5.74) is 1.52. The quantitative estimate of drug-likeness (QED) is 0.464. The first-order valence-electron chi connectivity index (χ1n) is 7.48. The lowest BCUT2D eigenvalue weighted by molar-refractivity contribution is -0.128. The van der Waals surface area contributed by atoms with Gasteiger partial charge in [-0.2, -0.15) is 0 Å². The van der Waals surface area contributed by atoms with Crippen LogP contribution in [0.1, 0.15) is 18.2 Å². The number of phenols is 2. The van der Waals surface area contributed by atoms with E-state index < -0.39 is 6.04 Å². The second-order valence-electron chi connectivity index (χ2n) is 5.40. The van der Waals surface area contributed by atoms with E-state index in [1.807, 2.05) is 0 Å². The highest BCUT2D eigenvalue weighted by molar-refractivity contribution is 5.87. The van der Waals surface area contributed by atoms with Crippen LogP contribution in [-0.4, -0.2) is 44.6 Å². The molecule has 0 saturated heterocycles. The third-order valence-electron chi connectivity index (χ3n) is 3.43. The van der Waals surface area contributed by atoms with Crippen molar-refractivity contribution in [1.29, 1.82) is 0 Å². The number of rotatable bonds is 7. The fraction of sp³-hybridized carbons (Fsp3) is 0.312. The highest BCUT2D eigenvalue weighted by Gasteiger charge is 2.20. The summed E-state index contributed by atoms with van der Waals surface area (Å²) in [7, 11) is 0. The van der Waals surface area contributed by atoms with Gasteiger partial charge >= 0.3 is 0 Å². The number of H-pyrrole nitrogens is 1. The molecule has 8 nitrogen and oxygen atoms in total. The van der Waals surface area contributed by atoms with Crippen molar-refractivity contribution in [3.63, 3.8) is 0 Å². The number of imidazole rings is 1. The zero-order chi connectivity index (χ0) is 17.5. The lowest BCUT2D eigenvalue weighted by Crippen LogP contribution is -2.47. The normalized spacial score (nSPS) is 11.7. The van der Waals surface area contributed by atoms with Crippen molar-refractivity contribution in [3.05, 3.63) is 42.0 Å². The third-order valence-corrected chi connectivity index (χ3v) is 3.43. The number of aromatic amines is 1. The molecular weight excluding hydrogens is 312 g/mol. The van der Waals surface area contributed by atoms with Crippen molar-refractivity contribution in [2.24, 2.45) is 0 Å². The number of amides is 2. The molecule has 1 aromatic heterocycles. The maximum atomic E-state index is 12.3. The summed E-state index contributed by atoms with van der Waals surface area (Å²) >= 11 is 0. The van der Waals surface area contributed by atoms with Crippen LogP contribution in [0, 0.1) is 0 Å². The number of aromatic nitrogens is 2. The van der Waals surface area contributed by atoms with Crippen molar-refractivity contribution in [2.75, 3.05) is 6.54 Å². The standard InChI is InChI=1S/C16H20N4O4/c1-10(21)20-13(7-12-8-17-9-19-12)16(24)18-5-4-11-2-3-14(22)15(23)6-11/h2-3,6,8-9,13,22-23H,4-5,7H2,1H3,(H,17,19)(H,18,24)(H,20,21)/t13-/m0/s1. The molecule has 0 unspecified atom stereocenters. The van der Waals surface area contributed by atoms with Crippen LogP contribution in [0.4, 0.5) is 0 Å². The minimum absolute atomic E-state index is 0.187. The van der Waals surface area contributed by atoms with Crippen LogP contribution >= 0.6 is 0 Å². The van der Waals surface area contributed by atoms with Gasteiger partial charge in [0.1, 0.15) is 6.04 Å². The average Bonchev–Trinajstić information content (AvgIpc) is 3.02. The van der Waals surface area contributed by atoms with Gasteiger partial charge in [-0.25, -0.2) is 4.98 Å². The van der Waals surface area contributed by atoms with Crippen LogP contribution in [0.25, 0.3) is 0 Å². The van der Waals surface area contributed by atoms with E-state index in [0.29, 0.717) is 19.4 Å². The molecule has 2 amide bonds. The molecule has 1 aromatic carbocycles. The Labute approximate surface area is 138 Å². The Bertz CT molecular complexity index is 700. The highest BCUT2D eigenvalue weighted by atomic mass is 16.3. The minimum Gasteiger partial charge on any atom is -0.504 e. The molecule has 1 atom stereocenters. The van der Waals surface area contributed by atoms with Gasteiger partial charge in [-0.3, -0.25) is 9.59 Å². The second kappa shape index (κ2) is 8.00. The summed E-state index contributed by atoms with van der Waals surface area (Å²) in [4.78, 5) is 30.3. The molecule has 0 aliphatic rings. The summed E-state index contributed by atoms with van der Waals surface area (Å²) in [6.45, 7) is 1.69. The fourth-order valence-corrected chi connectivity index (χ4v) is 2.25. The number of aromatic hydroxyl groups is 2. The molecule has 24 heavy (non-hydrogen) atoms. The molecule has 2 aromatic rings. The number of nitrogens with zero attached hydrogens (tertiary/aromatic N) is 1. The summed E-state index contributed by atoms with van der Waals surface area (Å²) in [5.74, 6) is -0.983. The van der Waals surface area contributed by atoms with Crippen molar-refractivity contribution in [1.82, 2.24) is 20.6 Å². The zero-order valence-electron chi connectivity index (χ0n) is 13.2. The topological polar surface area (TPSA) is 127 Å². The van der Waals surface area contributed by atoms with E-state index in [-0.39, 0.29) is 23.3 Å². The van der Waals surface area contributed by atoms with E-state index in [9.17, 15) is 19.8 Å². The SMILES string of the molecule is CC(=O)N[C@@H](Cc1cnc[nH]1)C(=O)NCCc1ccc(O)c(O)c1. The Morgan fingerprint density at radius 3 is 2.71 bits per heavy atom. The zero-order valence-corrected chi connectivity index (χ0v) is 13.2. The summed E-state index contributed by atoms with van der Waals surface area (Å²) in [6.07, 6.45) is 3.90. The molecule has 0 spiro atoms. The number of hydrogen-bond acceptors (Lipinski definition) is 5. The van der Waals surface area contributed by atoms with E-state index in [1.165, 1.54) is 25.4 Å². The summed E-state index contributed by atoms with van der Waals surface area (Å²) < 4.78 is 0. The van der Waals surface area contributed by atoms with Crippen LogP contribution < -0.4 is 10.6 Å². The molecule has 0 aliphatic heterocycles. The number of nitrogens with one attached hydrogen (secondary N) is 3. The van der Waals surface area contributed by atoms with Crippen molar-refractivity contribution in [3.8, 4) is 11.5 Å². The number of phenolic OH excluding ortho intramolecular Hbond substituents is 2. The number of benzene rings is 1. The minimum atomic E-state index is -0.698. The molecule has 8 heteroatoms. The molecule has 0 aliphatic carbocycles. The van der Waals surface area contributed by atoms with Gasteiger partial charge in [0.05, 0.1) is 6.33 Å². The van der Waals surface area contributed by atoms with Gasteiger partial charge in [0.15, 0.2) is 11.5 Å². The van der Waals surface area contributed by atoms with Crippen molar-refractivity contribution < 1.29 is 19.8 Å². The van der Waals surface area contributed by atoms with Gasteiger partial charge in [-0.05, 0) is 24.1 Å². The molecule has 2 rings (SSSR count). The maximum Gasteiger partial charge on any atom is 0.242 e. The maximum absolute atomic E-state index is 12.3. The van der Waals surface area contributed by atoms with Crippen molar-refractivity contribution in [2.45, 2.75) is 25.8 Å². The average molecular weight is 332 g/mol. The van der Waals surface area contributed by atoms with Gasteiger partial charge < -0.3 is 25.8 Å². The molecular formula is C16H20N4O4. The first kappa shape index (κ1) is 17.3. The summed E-state index contributed by atoms with van der Waals surface area (Å²) in [6, 6.07) is 3.80. The molecule has 0 saturated carbocycles. The molecule has 0 fully saturated rings. The Morgan fingerprint density at radius 1 is 1.29 bits per heavy atom. The van der Waals surface area contributed by atoms with Crippen LogP contribution in [-0.2, 0) is 22.4 Å². The van der Waals surface area contributed by atoms with Crippen LogP contribution in [0.5, 0.6) is 11.5 Å². The number of hydrogen-bond donors (Lipinski definition) is 5. The lowest BCUT2D eigenvalue weighted by Gasteiger charge is -2.17. The Kier molecular flexibility index (Phi) is 5.78. The van der Waals surface area contributed by atoms with E-state index in [4.69, 9.17) is 0 Å². The largest absolute Gasteiger partial charge is 0.504 e. The first-order valence-corrected chi connectivity index (χ1v) is 7.48. The van der Waals surface area contributed by atoms with E-state index in [2.05, 4.69) is 20.6 Å². The lowest BCUT2D eigenvalue weighted by atomic mass is 10.1. The molecule has 0 bridgehead atoms. The van der Waals surface area contributed by atoms with Gasteiger partial charge in [0.2, 0.25) is 11.8 Å². The summed E-state index contributed by atoms with van der Waals surface area (Å²) in [5, 5.41) is 24.1. The van der Waals surface area contributed by atoms with E-state index in [0.717, 1.165) is 11.3 Å². The predicted molar refractivity (Wildman–Crippen MR) is 86.4 cm³/mol. The molecule has 1 heterocycles. The Morgan fingerprint density at radius 2 is 2.08 bits per heavy atom. The molecule has 5 N–H and O–H groups in total. The molecule has 0 radical (unpaired) electrons. The van der Waals surface area contributed by atoms with E-state index in [1.54, 1.807) is 12.3 Å². The van der Waals surface area contributed by atoms with Crippen molar-refractivity contribution >= 4 is 11.8 Å². The first-order chi connectivity index (χ1) is 11.5. The molecule has 128 valence electrons. The Balaban J connectivity index is 1.89. The second-order valence-corrected chi connectivity index (χ2v) is 5.40. The number of carbonyl (C=O) groups excluding carboxylic acids is 2. The highest BCUT2D eigenvalue weighted by Crippen LogP contribution is 2.24. The van der Waals surface area contributed by atoms with Gasteiger partial charge in [-0.15, -0.1) is 0 Å². The Hall–Kier alpha value is -3.03. The van der Waals surface area contributed by atoms with Gasteiger partial charge in [0, 0.05) is 31.8 Å². The smallest absolute Gasteiger partial charge is 0.242 e.